The van der Waals surface area contributed by atoms with Gasteiger partial charge in [0.1, 0.15) is 23.8 Å². The third-order valence-corrected chi connectivity index (χ3v) is 7.74. The molecule has 0 amide bonds. The molecule has 2 N–H and O–H groups in total. The van der Waals surface area contributed by atoms with E-state index in [4.69, 9.17) is 0 Å². The van der Waals surface area contributed by atoms with Crippen LogP contribution in [-0.4, -0.2) is 60.7 Å². The van der Waals surface area contributed by atoms with Gasteiger partial charge in [-0.25, -0.2) is 9.97 Å². The summed E-state index contributed by atoms with van der Waals surface area (Å²) >= 11 is 0. The third kappa shape index (κ3) is 5.29. The first kappa shape index (κ1) is 26.0. The minimum Gasteiger partial charge on any atom is -0.365 e. The van der Waals surface area contributed by atoms with E-state index >= 15 is 0 Å². The van der Waals surface area contributed by atoms with Gasteiger partial charge in [-0.1, -0.05) is 6.07 Å². The number of anilines is 1. The molecule has 206 valence electrons. The second-order valence-corrected chi connectivity index (χ2v) is 10.5. The summed E-state index contributed by atoms with van der Waals surface area (Å²) in [6, 6.07) is 8.68. The number of alkyl halides is 3. The first-order valence-corrected chi connectivity index (χ1v) is 13.2. The number of likely N-dealkylation sites (tertiary alicyclic amines) is 1. The molecule has 0 bridgehead atoms. The minimum atomic E-state index is -4.29. The summed E-state index contributed by atoms with van der Waals surface area (Å²) in [5.41, 5.74) is 6.10. The monoisotopic (exact) mass is 547 g/mol. The summed E-state index contributed by atoms with van der Waals surface area (Å²) in [5, 5.41) is 21.1. The van der Waals surface area contributed by atoms with Crippen molar-refractivity contribution in [1.29, 1.82) is 5.26 Å². The van der Waals surface area contributed by atoms with Crippen molar-refractivity contribution in [2.75, 3.05) is 18.4 Å². The molecule has 0 unspecified atom stereocenters. The van der Waals surface area contributed by atoms with Gasteiger partial charge in [0.15, 0.2) is 5.82 Å². The van der Waals surface area contributed by atoms with Crippen molar-refractivity contribution in [3.8, 4) is 6.07 Å². The first-order valence-electron chi connectivity index (χ1n) is 13.2. The Kier molecular flexibility index (Phi) is 6.75. The molecule has 5 heterocycles. The number of rotatable bonds is 7. The Balaban J connectivity index is 1.11. The molecule has 40 heavy (non-hydrogen) atoms. The number of nitrogens with zero attached hydrogens (tertiary/aromatic N) is 7. The molecule has 4 aromatic rings. The second kappa shape index (κ2) is 10.4. The maximum absolute atomic E-state index is 12.8. The highest BCUT2D eigenvalue weighted by Crippen LogP contribution is 2.35. The molecular weight excluding hydrogens is 519 g/mol. The molecule has 1 saturated heterocycles. The topological polar surface area (TPSA) is 111 Å². The number of halogens is 3. The number of H-pyrrole nitrogens is 1. The van der Waals surface area contributed by atoms with Gasteiger partial charge in [0.2, 0.25) is 0 Å². The van der Waals surface area contributed by atoms with Gasteiger partial charge in [-0.05, 0) is 43.0 Å². The summed E-state index contributed by atoms with van der Waals surface area (Å²) in [7, 11) is 0. The number of hydrogen-bond donors (Lipinski definition) is 2. The molecule has 0 saturated carbocycles. The van der Waals surface area contributed by atoms with Gasteiger partial charge in [-0.3, -0.25) is 15.0 Å². The van der Waals surface area contributed by atoms with Gasteiger partial charge in [0.05, 0.1) is 24.9 Å². The van der Waals surface area contributed by atoms with E-state index in [-0.39, 0.29) is 18.2 Å². The molecule has 2 aliphatic rings. The predicted octanol–water partition coefficient (Wildman–Crippen LogP) is 5.04. The van der Waals surface area contributed by atoms with Crippen LogP contribution in [0.5, 0.6) is 0 Å². The third-order valence-electron chi connectivity index (χ3n) is 7.74. The van der Waals surface area contributed by atoms with Crippen LogP contribution in [0.1, 0.15) is 47.3 Å². The van der Waals surface area contributed by atoms with Crippen LogP contribution >= 0.6 is 0 Å². The number of aromatic amines is 1. The Morgan fingerprint density at radius 3 is 2.73 bits per heavy atom. The van der Waals surface area contributed by atoms with Crippen LogP contribution in [0.25, 0.3) is 10.9 Å². The fourth-order valence-electron chi connectivity index (χ4n) is 5.66. The number of benzene rings is 1. The largest absolute Gasteiger partial charge is 0.394 e. The van der Waals surface area contributed by atoms with E-state index in [2.05, 4.69) is 60.5 Å². The van der Waals surface area contributed by atoms with Crippen LogP contribution in [0, 0.1) is 18.3 Å². The molecule has 1 aromatic carbocycles. The van der Waals surface area contributed by atoms with E-state index < -0.39 is 12.6 Å². The van der Waals surface area contributed by atoms with Gasteiger partial charge in [0, 0.05) is 60.5 Å². The fraction of sp³-hybridized carbons (Fsp3) is 0.393. The molecule has 12 heteroatoms. The molecule has 0 aliphatic carbocycles. The zero-order valence-electron chi connectivity index (χ0n) is 22.0. The minimum absolute atomic E-state index is 0.0759. The molecule has 0 radical (unpaired) electrons. The lowest BCUT2D eigenvalue weighted by atomic mass is 10.0. The molecule has 9 nitrogen and oxygen atoms in total. The Labute approximate surface area is 228 Å². The van der Waals surface area contributed by atoms with Crippen LogP contribution in [0.15, 0.2) is 41.9 Å². The molecular formula is C28H28F3N9. The van der Waals surface area contributed by atoms with Crippen molar-refractivity contribution in [3.05, 3.63) is 65.0 Å². The highest BCUT2D eigenvalue weighted by Gasteiger charge is 2.33. The van der Waals surface area contributed by atoms with E-state index in [0.717, 1.165) is 48.9 Å². The fourth-order valence-corrected chi connectivity index (χ4v) is 5.66. The Bertz CT molecular complexity index is 1600. The zero-order chi connectivity index (χ0) is 27.9. The van der Waals surface area contributed by atoms with Gasteiger partial charge in [0.25, 0.3) is 0 Å². The first-order chi connectivity index (χ1) is 19.3. The van der Waals surface area contributed by atoms with E-state index in [1.807, 2.05) is 16.8 Å². The Morgan fingerprint density at radius 2 is 2.00 bits per heavy atom. The van der Waals surface area contributed by atoms with Crippen molar-refractivity contribution in [1.82, 2.24) is 29.6 Å². The molecule has 0 spiro atoms. The number of fused-ring (bicyclic) bond motifs is 2. The lowest BCUT2D eigenvalue weighted by Crippen LogP contribution is -2.39. The number of piperidine rings is 1. The normalized spacial score (nSPS) is 16.2. The van der Waals surface area contributed by atoms with Crippen molar-refractivity contribution in [2.24, 2.45) is 4.99 Å². The van der Waals surface area contributed by atoms with Gasteiger partial charge >= 0.3 is 6.18 Å². The molecule has 6 rings (SSSR count). The standard InChI is InChI=1S/C28H28F3N9/c1-17-19(2-3-25-23(17)9-22(11-32)40(25)14-18-12-35-36-13-18)15-39-6-4-20(5-7-39)38-27-26-24(33-16-34-27)8-21(37-26)10-28(29,30)31/h2-3,9,12-13,16,20H,4-8,10,14-15H2,1H3,(H,35,36)(H,33,34,38). The number of nitrogens with one attached hydrogen (secondary N) is 2. The average molecular weight is 548 g/mol. The van der Waals surface area contributed by atoms with Crippen molar-refractivity contribution >= 4 is 28.1 Å². The van der Waals surface area contributed by atoms with Crippen LogP contribution in [0.4, 0.5) is 24.7 Å². The Hall–Kier alpha value is -4.24. The number of aromatic nitrogens is 5. The van der Waals surface area contributed by atoms with Crippen molar-refractivity contribution in [3.63, 3.8) is 0 Å². The number of aliphatic imine (C=N–C) groups is 1. The van der Waals surface area contributed by atoms with Gasteiger partial charge in [-0.2, -0.15) is 23.5 Å². The van der Waals surface area contributed by atoms with Crippen LogP contribution in [0.2, 0.25) is 0 Å². The van der Waals surface area contributed by atoms with Crippen molar-refractivity contribution < 1.29 is 13.2 Å². The summed E-state index contributed by atoms with van der Waals surface area (Å²) in [4.78, 5) is 15.1. The van der Waals surface area contributed by atoms with E-state index in [1.165, 1.54) is 17.5 Å². The van der Waals surface area contributed by atoms with Crippen LogP contribution < -0.4 is 5.32 Å². The van der Waals surface area contributed by atoms with Crippen LogP contribution in [-0.2, 0) is 19.5 Å². The zero-order valence-corrected chi connectivity index (χ0v) is 22.0. The average Bonchev–Trinajstić information content (AvgIpc) is 3.66. The summed E-state index contributed by atoms with van der Waals surface area (Å²) in [6.07, 6.45) is 1.53. The van der Waals surface area contributed by atoms with Crippen LogP contribution in [0.3, 0.4) is 0 Å². The molecule has 3 aromatic heterocycles. The second-order valence-electron chi connectivity index (χ2n) is 10.5. The highest BCUT2D eigenvalue weighted by atomic mass is 19.4. The van der Waals surface area contributed by atoms with E-state index in [0.29, 0.717) is 29.4 Å². The van der Waals surface area contributed by atoms with Gasteiger partial charge in [-0.15, -0.1) is 0 Å². The lowest BCUT2D eigenvalue weighted by molar-refractivity contribution is -0.121. The number of hydrogen-bond acceptors (Lipinski definition) is 7. The summed E-state index contributed by atoms with van der Waals surface area (Å²) in [6.45, 7) is 5.23. The predicted molar refractivity (Wildman–Crippen MR) is 145 cm³/mol. The van der Waals surface area contributed by atoms with E-state index in [1.54, 1.807) is 6.20 Å². The quantitative estimate of drug-likeness (QED) is 0.335. The highest BCUT2D eigenvalue weighted by molar-refractivity contribution is 5.95. The number of aryl methyl sites for hydroxylation is 1. The smallest absolute Gasteiger partial charge is 0.365 e. The number of nitriles is 1. The molecule has 0 atom stereocenters. The van der Waals surface area contributed by atoms with Crippen molar-refractivity contribution in [2.45, 2.75) is 57.9 Å². The summed E-state index contributed by atoms with van der Waals surface area (Å²) in [5.74, 6) is 0.509. The lowest BCUT2D eigenvalue weighted by Gasteiger charge is -2.33. The molecule has 1 fully saturated rings. The maximum atomic E-state index is 12.8. The SMILES string of the molecule is Cc1c(CN2CCC(Nc3ncnc4c3N=C(CC(F)(F)F)C4)CC2)ccc2c1cc(C#N)n2Cc1cn[nH]c1. The summed E-state index contributed by atoms with van der Waals surface area (Å²) < 4.78 is 40.6. The van der Waals surface area contributed by atoms with E-state index in [9.17, 15) is 18.4 Å². The van der Waals surface area contributed by atoms with Gasteiger partial charge < -0.3 is 9.88 Å². The molecule has 2 aliphatic heterocycles. The maximum Gasteiger partial charge on any atom is 0.394 e. The Morgan fingerprint density at radius 1 is 1.18 bits per heavy atom.